The molecule has 132 valence electrons. The Balaban J connectivity index is 2.11. The fourth-order valence-corrected chi connectivity index (χ4v) is 3.46. The lowest BCUT2D eigenvalue weighted by Crippen LogP contribution is -2.49. The summed E-state index contributed by atoms with van der Waals surface area (Å²) >= 11 is 0. The molecule has 0 aliphatic carbocycles. The summed E-state index contributed by atoms with van der Waals surface area (Å²) in [6.45, 7) is 7.00. The summed E-state index contributed by atoms with van der Waals surface area (Å²) < 4.78 is 10.7. The van der Waals surface area contributed by atoms with Crippen molar-refractivity contribution in [2.45, 2.75) is 19.9 Å². The largest absolute Gasteiger partial charge is 0.454 e. The van der Waals surface area contributed by atoms with Gasteiger partial charge in [0.2, 0.25) is 6.79 Å². The van der Waals surface area contributed by atoms with E-state index in [-0.39, 0.29) is 30.1 Å². The van der Waals surface area contributed by atoms with Crippen LogP contribution in [0.3, 0.4) is 0 Å². The minimum Gasteiger partial charge on any atom is -0.454 e. The van der Waals surface area contributed by atoms with Crippen molar-refractivity contribution in [1.29, 1.82) is 0 Å². The number of benzene rings is 1. The van der Waals surface area contributed by atoms with Gasteiger partial charge in [-0.3, -0.25) is 15.0 Å². The van der Waals surface area contributed by atoms with Crippen molar-refractivity contribution in [2.24, 2.45) is 5.41 Å². The van der Waals surface area contributed by atoms with Crippen molar-refractivity contribution in [3.63, 3.8) is 0 Å². The molecule has 2 aliphatic rings. The molecule has 24 heavy (non-hydrogen) atoms. The molecule has 2 N–H and O–H groups in total. The normalized spacial score (nSPS) is 19.3. The van der Waals surface area contributed by atoms with Crippen LogP contribution in [0.25, 0.3) is 0 Å². The van der Waals surface area contributed by atoms with Crippen LogP contribution in [0.2, 0.25) is 0 Å². The maximum atomic E-state index is 11.6. The molecule has 0 spiro atoms. The molecule has 8 nitrogen and oxygen atoms in total. The standard InChI is InChI=1S/C16H23N3O5/c1-16(2,9-20)15(18-5-3-17-4-6-18)11-7-13-14(24-10-23-13)8-12(11)19(21)22/h7-8,15,17,20H,3-6,9-10H2,1-2H3/t15-/m0/s1. The van der Waals surface area contributed by atoms with Crippen molar-refractivity contribution < 1.29 is 19.5 Å². The number of nitrogens with zero attached hydrogens (tertiary/aromatic N) is 2. The lowest BCUT2D eigenvalue weighted by Gasteiger charge is -2.43. The molecule has 0 unspecified atom stereocenters. The van der Waals surface area contributed by atoms with Crippen LogP contribution in [0, 0.1) is 15.5 Å². The summed E-state index contributed by atoms with van der Waals surface area (Å²) in [5, 5.41) is 24.8. The maximum absolute atomic E-state index is 11.6. The van der Waals surface area contributed by atoms with E-state index in [9.17, 15) is 15.2 Å². The second-order valence-electron chi connectivity index (χ2n) is 6.86. The van der Waals surface area contributed by atoms with Crippen LogP contribution in [-0.4, -0.2) is 54.5 Å². The smallest absolute Gasteiger partial charge is 0.278 e. The van der Waals surface area contributed by atoms with Crippen LogP contribution in [0.4, 0.5) is 5.69 Å². The number of piperazine rings is 1. The van der Waals surface area contributed by atoms with Gasteiger partial charge in [0.05, 0.1) is 16.6 Å². The first kappa shape index (κ1) is 16.9. The van der Waals surface area contributed by atoms with Crippen LogP contribution in [-0.2, 0) is 0 Å². The fourth-order valence-electron chi connectivity index (χ4n) is 3.46. The molecule has 1 fully saturated rings. The number of hydrogen-bond acceptors (Lipinski definition) is 7. The lowest BCUT2D eigenvalue weighted by molar-refractivity contribution is -0.386. The molecule has 0 bridgehead atoms. The van der Waals surface area contributed by atoms with E-state index in [1.807, 2.05) is 13.8 Å². The van der Waals surface area contributed by atoms with Crippen molar-refractivity contribution >= 4 is 5.69 Å². The summed E-state index contributed by atoms with van der Waals surface area (Å²) in [5.74, 6) is 0.913. The highest BCUT2D eigenvalue weighted by atomic mass is 16.7. The summed E-state index contributed by atoms with van der Waals surface area (Å²) in [7, 11) is 0. The number of aliphatic hydroxyl groups is 1. The molecule has 0 saturated carbocycles. The van der Waals surface area contributed by atoms with Gasteiger partial charge >= 0.3 is 0 Å². The average Bonchev–Trinajstić information content (AvgIpc) is 3.02. The quantitative estimate of drug-likeness (QED) is 0.617. The lowest BCUT2D eigenvalue weighted by atomic mass is 9.79. The third-order valence-corrected chi connectivity index (χ3v) is 4.68. The highest BCUT2D eigenvalue weighted by Gasteiger charge is 2.40. The molecule has 1 aromatic carbocycles. The summed E-state index contributed by atoms with van der Waals surface area (Å²) in [6, 6.07) is 2.84. The van der Waals surface area contributed by atoms with E-state index in [0.717, 1.165) is 26.2 Å². The van der Waals surface area contributed by atoms with Crippen LogP contribution < -0.4 is 14.8 Å². The average molecular weight is 337 g/mol. The first-order valence-electron chi connectivity index (χ1n) is 8.07. The van der Waals surface area contributed by atoms with Gasteiger partial charge in [-0.25, -0.2) is 0 Å². The minimum absolute atomic E-state index is 0.00399. The van der Waals surface area contributed by atoms with Crippen molar-refractivity contribution in [1.82, 2.24) is 10.2 Å². The van der Waals surface area contributed by atoms with Gasteiger partial charge in [-0.15, -0.1) is 0 Å². The van der Waals surface area contributed by atoms with Crippen molar-refractivity contribution in [3.05, 3.63) is 27.8 Å². The Bertz CT molecular complexity index is 628. The van der Waals surface area contributed by atoms with Gasteiger partial charge in [-0.1, -0.05) is 13.8 Å². The number of aliphatic hydroxyl groups excluding tert-OH is 1. The topological polar surface area (TPSA) is 97.1 Å². The molecule has 1 aromatic rings. The third kappa shape index (κ3) is 3.04. The monoisotopic (exact) mass is 337 g/mol. The summed E-state index contributed by atoms with van der Waals surface area (Å²) in [4.78, 5) is 13.4. The Labute approximate surface area is 140 Å². The van der Waals surface area contributed by atoms with Crippen LogP contribution >= 0.6 is 0 Å². The molecule has 1 atom stereocenters. The number of ether oxygens (including phenoxy) is 2. The molecule has 0 aromatic heterocycles. The highest BCUT2D eigenvalue weighted by molar-refractivity contribution is 5.56. The van der Waals surface area contributed by atoms with Gasteiger partial charge in [0, 0.05) is 44.2 Å². The molecular formula is C16H23N3O5. The van der Waals surface area contributed by atoms with Gasteiger partial charge in [0.25, 0.3) is 5.69 Å². The predicted octanol–water partition coefficient (Wildman–Crippen LogP) is 1.29. The van der Waals surface area contributed by atoms with Crippen LogP contribution in [0.5, 0.6) is 11.5 Å². The Morgan fingerprint density at radius 2 is 1.96 bits per heavy atom. The zero-order valence-corrected chi connectivity index (χ0v) is 13.9. The van der Waals surface area contributed by atoms with Crippen LogP contribution in [0.15, 0.2) is 12.1 Å². The number of hydrogen-bond donors (Lipinski definition) is 2. The van der Waals surface area contributed by atoms with Gasteiger partial charge < -0.3 is 19.9 Å². The molecule has 0 radical (unpaired) electrons. The highest BCUT2D eigenvalue weighted by Crippen LogP contribution is 2.46. The van der Waals surface area contributed by atoms with E-state index in [4.69, 9.17) is 9.47 Å². The Morgan fingerprint density at radius 1 is 1.33 bits per heavy atom. The Kier molecular flexibility index (Phi) is 4.62. The molecule has 2 aliphatic heterocycles. The number of nitro benzene ring substituents is 1. The number of fused-ring (bicyclic) bond motifs is 1. The summed E-state index contributed by atoms with van der Waals surface area (Å²) in [5.41, 5.74) is 0.0185. The second kappa shape index (κ2) is 6.54. The number of nitrogens with one attached hydrogen (secondary N) is 1. The van der Waals surface area contributed by atoms with E-state index in [2.05, 4.69) is 10.2 Å². The zero-order chi connectivity index (χ0) is 17.3. The number of nitro groups is 1. The van der Waals surface area contributed by atoms with Crippen molar-refractivity contribution in [3.8, 4) is 11.5 Å². The predicted molar refractivity (Wildman–Crippen MR) is 87.3 cm³/mol. The van der Waals surface area contributed by atoms with Gasteiger partial charge in [-0.05, 0) is 6.07 Å². The second-order valence-corrected chi connectivity index (χ2v) is 6.86. The molecule has 0 amide bonds. The fraction of sp³-hybridized carbons (Fsp3) is 0.625. The summed E-state index contributed by atoms with van der Waals surface area (Å²) in [6.07, 6.45) is 0. The molecule has 8 heteroatoms. The van der Waals surface area contributed by atoms with E-state index in [1.165, 1.54) is 6.07 Å². The molecule has 2 heterocycles. The van der Waals surface area contributed by atoms with Gasteiger partial charge in [0.15, 0.2) is 11.5 Å². The molecular weight excluding hydrogens is 314 g/mol. The molecule has 3 rings (SSSR count). The molecule has 1 saturated heterocycles. The number of rotatable bonds is 5. The zero-order valence-electron chi connectivity index (χ0n) is 13.9. The Morgan fingerprint density at radius 3 is 2.54 bits per heavy atom. The van der Waals surface area contributed by atoms with E-state index >= 15 is 0 Å². The minimum atomic E-state index is -0.546. The van der Waals surface area contributed by atoms with E-state index < -0.39 is 5.41 Å². The van der Waals surface area contributed by atoms with E-state index in [1.54, 1.807) is 6.07 Å². The first-order valence-corrected chi connectivity index (χ1v) is 8.07. The van der Waals surface area contributed by atoms with E-state index in [0.29, 0.717) is 17.1 Å². The van der Waals surface area contributed by atoms with Gasteiger partial charge in [0.1, 0.15) is 0 Å². The Hall–Kier alpha value is -1.90. The van der Waals surface area contributed by atoms with Gasteiger partial charge in [-0.2, -0.15) is 0 Å². The van der Waals surface area contributed by atoms with Crippen molar-refractivity contribution in [2.75, 3.05) is 39.6 Å². The maximum Gasteiger partial charge on any atom is 0.278 e. The third-order valence-electron chi connectivity index (χ3n) is 4.68. The SMILES string of the molecule is CC(C)(CO)[C@H](c1cc2c(cc1[N+](=O)[O-])OCO2)N1CCNCC1. The first-order chi connectivity index (χ1) is 11.4. The van der Waals surface area contributed by atoms with Crippen LogP contribution in [0.1, 0.15) is 25.5 Å².